The van der Waals surface area contributed by atoms with Crippen LogP contribution in [0, 0.1) is 13.8 Å². The highest BCUT2D eigenvalue weighted by Crippen LogP contribution is 2.28. The summed E-state index contributed by atoms with van der Waals surface area (Å²) in [6.07, 6.45) is -1.15. The van der Waals surface area contributed by atoms with Crippen LogP contribution in [0.3, 0.4) is 0 Å². The molecule has 0 aliphatic rings. The van der Waals surface area contributed by atoms with Crippen LogP contribution in [-0.4, -0.2) is 26.1 Å². The van der Waals surface area contributed by atoms with E-state index in [1.165, 1.54) is 14.2 Å². The molecule has 3 aromatic rings. The summed E-state index contributed by atoms with van der Waals surface area (Å²) >= 11 is 0. The Hall–Kier alpha value is -3.80. The number of benzene rings is 3. The van der Waals surface area contributed by atoms with Gasteiger partial charge in [0.25, 0.3) is 5.91 Å². The lowest BCUT2D eigenvalue weighted by molar-refractivity contribution is -0.125. The summed E-state index contributed by atoms with van der Waals surface area (Å²) in [4.78, 5) is 26.0. The Morgan fingerprint density at radius 1 is 0.839 bits per heavy atom. The summed E-state index contributed by atoms with van der Waals surface area (Å²) in [5.41, 5.74) is 3.20. The molecule has 31 heavy (non-hydrogen) atoms. The fraction of sp³-hybridized carbons (Fsp3) is 0.200. The van der Waals surface area contributed by atoms with Gasteiger partial charge < -0.3 is 19.5 Å². The van der Waals surface area contributed by atoms with Crippen molar-refractivity contribution in [2.24, 2.45) is 0 Å². The second kappa shape index (κ2) is 9.80. The molecule has 0 aliphatic heterocycles. The van der Waals surface area contributed by atoms with Crippen LogP contribution in [0.2, 0.25) is 0 Å². The standard InChI is InChI=1S/C25H25NO5/c1-16-10-13-21(29-3)20(14-16)26-24(27)23(18-8-6-5-7-9-18)31-25(28)19-12-11-17(2)22(15-19)30-4/h5-15,23H,1-4H3,(H,26,27)/t23-/m1/s1. The van der Waals surface area contributed by atoms with Gasteiger partial charge in [-0.2, -0.15) is 0 Å². The molecule has 0 heterocycles. The highest BCUT2D eigenvalue weighted by Gasteiger charge is 2.27. The lowest BCUT2D eigenvalue weighted by Gasteiger charge is -2.19. The molecule has 0 saturated heterocycles. The van der Waals surface area contributed by atoms with Gasteiger partial charge in [-0.3, -0.25) is 4.79 Å². The van der Waals surface area contributed by atoms with Crippen molar-refractivity contribution in [3.05, 3.63) is 89.0 Å². The zero-order chi connectivity index (χ0) is 22.4. The number of rotatable bonds is 7. The van der Waals surface area contributed by atoms with Gasteiger partial charge in [0, 0.05) is 5.56 Å². The van der Waals surface area contributed by atoms with E-state index in [1.807, 2.05) is 26.0 Å². The number of esters is 1. The summed E-state index contributed by atoms with van der Waals surface area (Å²) in [5.74, 6) is -0.0268. The number of carbonyl (C=O) groups is 2. The first kappa shape index (κ1) is 21.9. The zero-order valence-electron chi connectivity index (χ0n) is 18.0. The van der Waals surface area contributed by atoms with Gasteiger partial charge in [-0.05, 0) is 49.2 Å². The summed E-state index contributed by atoms with van der Waals surface area (Å²) < 4.78 is 16.3. The second-order valence-electron chi connectivity index (χ2n) is 7.07. The molecule has 3 rings (SSSR count). The monoisotopic (exact) mass is 419 g/mol. The van der Waals surface area contributed by atoms with Crippen LogP contribution in [0.5, 0.6) is 11.5 Å². The number of nitrogens with one attached hydrogen (secondary N) is 1. The Kier molecular flexibility index (Phi) is 6.92. The zero-order valence-corrected chi connectivity index (χ0v) is 18.0. The summed E-state index contributed by atoms with van der Waals surface area (Å²) in [7, 11) is 3.06. The number of ether oxygens (including phenoxy) is 3. The summed E-state index contributed by atoms with van der Waals surface area (Å²) in [6, 6.07) is 19.3. The minimum Gasteiger partial charge on any atom is -0.496 e. The van der Waals surface area contributed by atoms with Gasteiger partial charge in [0.1, 0.15) is 11.5 Å². The topological polar surface area (TPSA) is 73.9 Å². The fourth-order valence-corrected chi connectivity index (χ4v) is 3.14. The normalized spacial score (nSPS) is 11.4. The molecule has 0 aliphatic carbocycles. The van der Waals surface area contributed by atoms with Crippen LogP contribution in [0.4, 0.5) is 5.69 Å². The third-order valence-electron chi connectivity index (χ3n) is 4.82. The SMILES string of the molecule is COc1cc(C(=O)O[C@@H](C(=O)Nc2cc(C)ccc2OC)c2ccccc2)ccc1C. The second-order valence-corrected chi connectivity index (χ2v) is 7.07. The van der Waals surface area contributed by atoms with E-state index in [1.54, 1.807) is 54.6 Å². The number of aryl methyl sites for hydroxylation is 2. The Balaban J connectivity index is 1.90. The lowest BCUT2D eigenvalue weighted by Crippen LogP contribution is -2.26. The van der Waals surface area contributed by atoms with E-state index < -0.39 is 18.0 Å². The molecule has 0 bridgehead atoms. The van der Waals surface area contributed by atoms with Gasteiger partial charge in [-0.15, -0.1) is 0 Å². The summed E-state index contributed by atoms with van der Waals surface area (Å²) in [5, 5.41) is 2.82. The average molecular weight is 419 g/mol. The van der Waals surface area contributed by atoms with E-state index in [-0.39, 0.29) is 0 Å². The van der Waals surface area contributed by atoms with Gasteiger partial charge in [0.15, 0.2) is 0 Å². The molecule has 1 atom stereocenters. The van der Waals surface area contributed by atoms with Gasteiger partial charge in [-0.1, -0.05) is 42.5 Å². The quantitative estimate of drug-likeness (QED) is 0.554. The Morgan fingerprint density at radius 2 is 1.55 bits per heavy atom. The molecule has 0 aromatic heterocycles. The number of carbonyl (C=O) groups excluding carboxylic acids is 2. The van der Waals surface area contributed by atoms with E-state index in [4.69, 9.17) is 14.2 Å². The van der Waals surface area contributed by atoms with Crippen molar-refractivity contribution in [2.45, 2.75) is 20.0 Å². The van der Waals surface area contributed by atoms with Crippen LogP contribution in [-0.2, 0) is 9.53 Å². The van der Waals surface area contributed by atoms with Gasteiger partial charge in [0.05, 0.1) is 25.5 Å². The molecular weight excluding hydrogens is 394 g/mol. The molecule has 0 saturated carbocycles. The highest BCUT2D eigenvalue weighted by molar-refractivity contribution is 5.99. The number of anilines is 1. The molecule has 0 unspecified atom stereocenters. The van der Waals surface area contributed by atoms with Crippen LogP contribution in [0.15, 0.2) is 66.7 Å². The predicted molar refractivity (Wildman–Crippen MR) is 119 cm³/mol. The fourth-order valence-electron chi connectivity index (χ4n) is 3.14. The minimum absolute atomic E-state index is 0.296. The van der Waals surface area contributed by atoms with Gasteiger partial charge in [-0.25, -0.2) is 4.79 Å². The third-order valence-corrected chi connectivity index (χ3v) is 4.82. The molecular formula is C25H25NO5. The van der Waals surface area contributed by atoms with Crippen LogP contribution in [0.25, 0.3) is 0 Å². The smallest absolute Gasteiger partial charge is 0.339 e. The molecule has 1 amide bonds. The maximum Gasteiger partial charge on any atom is 0.339 e. The minimum atomic E-state index is -1.15. The average Bonchev–Trinajstić information content (AvgIpc) is 2.78. The Morgan fingerprint density at radius 3 is 2.23 bits per heavy atom. The molecule has 3 aromatic carbocycles. The van der Waals surface area contributed by atoms with E-state index >= 15 is 0 Å². The van der Waals surface area contributed by atoms with Crippen LogP contribution in [0.1, 0.15) is 33.2 Å². The van der Waals surface area contributed by atoms with Crippen LogP contribution < -0.4 is 14.8 Å². The lowest BCUT2D eigenvalue weighted by atomic mass is 10.1. The van der Waals surface area contributed by atoms with Crippen LogP contribution >= 0.6 is 0 Å². The van der Waals surface area contributed by atoms with Crippen molar-refractivity contribution in [1.29, 1.82) is 0 Å². The van der Waals surface area contributed by atoms with Gasteiger partial charge >= 0.3 is 5.97 Å². The largest absolute Gasteiger partial charge is 0.496 e. The van der Waals surface area contributed by atoms with Crippen molar-refractivity contribution in [3.8, 4) is 11.5 Å². The van der Waals surface area contributed by atoms with Crippen molar-refractivity contribution < 1.29 is 23.8 Å². The number of hydrogen-bond acceptors (Lipinski definition) is 5. The van der Waals surface area contributed by atoms with Crippen molar-refractivity contribution in [1.82, 2.24) is 0 Å². The maximum atomic E-state index is 13.2. The number of amides is 1. The first-order valence-corrected chi connectivity index (χ1v) is 9.79. The van der Waals surface area contributed by atoms with Crippen molar-refractivity contribution in [3.63, 3.8) is 0 Å². The highest BCUT2D eigenvalue weighted by atomic mass is 16.5. The van der Waals surface area contributed by atoms with Crippen molar-refractivity contribution >= 4 is 17.6 Å². The molecule has 0 radical (unpaired) electrons. The number of methoxy groups -OCH3 is 2. The molecule has 0 spiro atoms. The molecule has 6 nitrogen and oxygen atoms in total. The Labute approximate surface area is 181 Å². The van der Waals surface area contributed by atoms with E-state index in [2.05, 4.69) is 5.32 Å². The van der Waals surface area contributed by atoms with Gasteiger partial charge in [0.2, 0.25) is 6.10 Å². The number of hydrogen-bond donors (Lipinski definition) is 1. The molecule has 6 heteroatoms. The Bertz CT molecular complexity index is 1080. The molecule has 0 fully saturated rings. The molecule has 1 N–H and O–H groups in total. The van der Waals surface area contributed by atoms with E-state index in [0.717, 1.165) is 11.1 Å². The summed E-state index contributed by atoms with van der Waals surface area (Å²) in [6.45, 7) is 3.79. The predicted octanol–water partition coefficient (Wildman–Crippen LogP) is 4.86. The first-order valence-electron chi connectivity index (χ1n) is 9.79. The molecule has 160 valence electrons. The van der Waals surface area contributed by atoms with E-state index in [9.17, 15) is 9.59 Å². The first-order chi connectivity index (χ1) is 14.9. The third kappa shape index (κ3) is 5.22. The van der Waals surface area contributed by atoms with Crippen molar-refractivity contribution in [2.75, 3.05) is 19.5 Å². The van der Waals surface area contributed by atoms with E-state index in [0.29, 0.717) is 28.3 Å². The maximum absolute atomic E-state index is 13.2.